The zero-order chi connectivity index (χ0) is 11.5. The summed E-state index contributed by atoms with van der Waals surface area (Å²) in [5.74, 6) is 0.909. The molecule has 0 unspecified atom stereocenters. The second-order valence-corrected chi connectivity index (χ2v) is 4.56. The van der Waals surface area contributed by atoms with E-state index in [1.54, 1.807) is 12.4 Å². The van der Waals surface area contributed by atoms with Crippen molar-refractivity contribution < 1.29 is 0 Å². The Kier molecular flexibility index (Phi) is 3.46. The minimum Gasteiger partial charge on any atom is -0.378 e. The fraction of sp³-hybridized carbons (Fsp3) is 0.200. The van der Waals surface area contributed by atoms with Gasteiger partial charge >= 0.3 is 0 Å². The molecule has 16 heavy (non-hydrogen) atoms. The van der Waals surface area contributed by atoms with Gasteiger partial charge in [0.1, 0.15) is 11.0 Å². The lowest BCUT2D eigenvalue weighted by molar-refractivity contribution is 1.04. The van der Waals surface area contributed by atoms with Gasteiger partial charge < -0.3 is 10.3 Å². The summed E-state index contributed by atoms with van der Waals surface area (Å²) in [6.45, 7) is 2.60. The lowest BCUT2D eigenvalue weighted by Crippen LogP contribution is -2.00. The highest BCUT2D eigenvalue weighted by molar-refractivity contribution is 9.10. The van der Waals surface area contributed by atoms with Crippen molar-refractivity contribution in [2.75, 3.05) is 5.32 Å². The Labute approximate surface area is 107 Å². The average Bonchev–Trinajstić information content (AvgIpc) is 2.66. The monoisotopic (exact) mass is 300 g/mol. The van der Waals surface area contributed by atoms with Crippen molar-refractivity contribution in [2.24, 2.45) is 0 Å². The second kappa shape index (κ2) is 4.84. The van der Waals surface area contributed by atoms with E-state index in [-0.39, 0.29) is 0 Å². The number of hydrogen-bond acceptors (Lipinski definition) is 3. The third kappa shape index (κ3) is 2.74. The van der Waals surface area contributed by atoms with Crippen molar-refractivity contribution in [2.45, 2.75) is 13.5 Å². The number of aryl methyl sites for hydroxylation is 1. The van der Waals surface area contributed by atoms with E-state index in [0.29, 0.717) is 11.7 Å². The van der Waals surface area contributed by atoms with Gasteiger partial charge in [-0.2, -0.15) is 0 Å². The van der Waals surface area contributed by atoms with E-state index in [1.807, 2.05) is 13.0 Å². The Morgan fingerprint density at radius 3 is 2.88 bits per heavy atom. The Hall–Kier alpha value is -1.07. The van der Waals surface area contributed by atoms with Gasteiger partial charge in [0.25, 0.3) is 0 Å². The van der Waals surface area contributed by atoms with Crippen LogP contribution in [-0.2, 0) is 6.54 Å². The molecule has 0 aromatic carbocycles. The summed E-state index contributed by atoms with van der Waals surface area (Å²) in [7, 11) is 0. The number of anilines is 1. The number of rotatable bonds is 3. The standard InChI is InChI=1S/C10H10BrClN4/c1-6-13-4-8(16-6)5-14-7-2-9(11)10(12)15-3-7/h2-4,14H,5H2,1H3,(H,13,16). The van der Waals surface area contributed by atoms with Crippen molar-refractivity contribution in [3.05, 3.63) is 39.6 Å². The van der Waals surface area contributed by atoms with Gasteiger partial charge in [0.2, 0.25) is 0 Å². The normalized spacial score (nSPS) is 10.4. The quantitative estimate of drug-likeness (QED) is 0.856. The van der Waals surface area contributed by atoms with Crippen molar-refractivity contribution in [1.29, 1.82) is 0 Å². The van der Waals surface area contributed by atoms with Crippen LogP contribution in [0.2, 0.25) is 5.15 Å². The number of aromatic nitrogens is 3. The SMILES string of the molecule is Cc1ncc(CNc2cnc(Cl)c(Br)c2)[nH]1. The topological polar surface area (TPSA) is 53.6 Å². The van der Waals surface area contributed by atoms with Crippen LogP contribution in [0, 0.1) is 6.92 Å². The Morgan fingerprint density at radius 2 is 2.25 bits per heavy atom. The van der Waals surface area contributed by atoms with Crippen molar-refractivity contribution in [3.63, 3.8) is 0 Å². The fourth-order valence-electron chi connectivity index (χ4n) is 1.28. The van der Waals surface area contributed by atoms with Gasteiger partial charge in [-0.1, -0.05) is 11.6 Å². The molecule has 2 heterocycles. The first-order valence-corrected chi connectivity index (χ1v) is 5.87. The minimum absolute atomic E-state index is 0.461. The van der Waals surface area contributed by atoms with Crippen LogP contribution in [0.1, 0.15) is 11.5 Å². The molecule has 0 amide bonds. The molecule has 0 spiro atoms. The number of nitrogens with one attached hydrogen (secondary N) is 2. The number of imidazole rings is 1. The molecule has 0 saturated carbocycles. The molecule has 0 bridgehead atoms. The number of H-pyrrole nitrogens is 1. The highest BCUT2D eigenvalue weighted by Gasteiger charge is 2.01. The van der Waals surface area contributed by atoms with Crippen LogP contribution >= 0.6 is 27.5 Å². The van der Waals surface area contributed by atoms with Crippen molar-refractivity contribution in [1.82, 2.24) is 15.0 Å². The molecule has 6 heteroatoms. The molecular formula is C10H10BrClN4. The summed E-state index contributed by atoms with van der Waals surface area (Å²) in [6, 6.07) is 1.89. The maximum atomic E-state index is 5.80. The lowest BCUT2D eigenvalue weighted by atomic mass is 10.4. The van der Waals surface area contributed by atoms with E-state index in [1.165, 1.54) is 0 Å². The van der Waals surface area contributed by atoms with Crippen LogP contribution in [0.15, 0.2) is 22.9 Å². The van der Waals surface area contributed by atoms with Gasteiger partial charge in [0.05, 0.1) is 34.8 Å². The molecule has 0 aliphatic carbocycles. The Morgan fingerprint density at radius 1 is 1.44 bits per heavy atom. The molecule has 0 atom stereocenters. The maximum absolute atomic E-state index is 5.80. The van der Waals surface area contributed by atoms with E-state index in [9.17, 15) is 0 Å². The highest BCUT2D eigenvalue weighted by Crippen LogP contribution is 2.22. The highest BCUT2D eigenvalue weighted by atomic mass is 79.9. The van der Waals surface area contributed by atoms with Crippen LogP contribution in [-0.4, -0.2) is 15.0 Å². The fourth-order valence-corrected chi connectivity index (χ4v) is 1.73. The molecule has 84 valence electrons. The summed E-state index contributed by atoms with van der Waals surface area (Å²) in [6.07, 6.45) is 3.50. The van der Waals surface area contributed by atoms with E-state index in [2.05, 4.69) is 36.2 Å². The van der Waals surface area contributed by atoms with Crippen LogP contribution in [0.4, 0.5) is 5.69 Å². The molecule has 2 rings (SSSR count). The molecule has 0 saturated heterocycles. The summed E-state index contributed by atoms with van der Waals surface area (Å²) in [4.78, 5) is 11.3. The third-order valence-corrected chi connectivity index (χ3v) is 3.17. The van der Waals surface area contributed by atoms with Gasteiger partial charge in [-0.25, -0.2) is 9.97 Å². The average molecular weight is 302 g/mol. The van der Waals surface area contributed by atoms with E-state index < -0.39 is 0 Å². The molecular weight excluding hydrogens is 291 g/mol. The first-order valence-electron chi connectivity index (χ1n) is 4.70. The van der Waals surface area contributed by atoms with E-state index in [0.717, 1.165) is 21.7 Å². The molecule has 2 aromatic heterocycles. The summed E-state index contributed by atoms with van der Waals surface area (Å²) in [5.41, 5.74) is 1.94. The molecule has 0 aliphatic rings. The van der Waals surface area contributed by atoms with Gasteiger partial charge in [-0.05, 0) is 28.9 Å². The first kappa shape index (κ1) is 11.4. The zero-order valence-electron chi connectivity index (χ0n) is 8.59. The Balaban J connectivity index is 2.02. The zero-order valence-corrected chi connectivity index (χ0v) is 10.9. The summed E-state index contributed by atoms with van der Waals surface area (Å²) >= 11 is 9.12. The number of halogens is 2. The largest absolute Gasteiger partial charge is 0.378 e. The Bertz CT molecular complexity index is 497. The van der Waals surface area contributed by atoms with Crippen LogP contribution < -0.4 is 5.32 Å². The molecule has 0 aliphatic heterocycles. The third-order valence-electron chi connectivity index (χ3n) is 2.03. The maximum Gasteiger partial charge on any atom is 0.143 e. The number of pyridine rings is 1. The predicted octanol–water partition coefficient (Wildman–Crippen LogP) is 3.14. The molecule has 0 radical (unpaired) electrons. The van der Waals surface area contributed by atoms with Gasteiger partial charge in [0, 0.05) is 0 Å². The van der Waals surface area contributed by atoms with Crippen LogP contribution in [0.25, 0.3) is 0 Å². The molecule has 2 aromatic rings. The van der Waals surface area contributed by atoms with Crippen LogP contribution in [0.3, 0.4) is 0 Å². The predicted molar refractivity (Wildman–Crippen MR) is 67.6 cm³/mol. The first-order chi connectivity index (χ1) is 7.65. The van der Waals surface area contributed by atoms with Crippen molar-refractivity contribution >= 4 is 33.2 Å². The summed E-state index contributed by atoms with van der Waals surface area (Å²) in [5, 5.41) is 3.68. The second-order valence-electron chi connectivity index (χ2n) is 3.34. The van der Waals surface area contributed by atoms with E-state index >= 15 is 0 Å². The van der Waals surface area contributed by atoms with E-state index in [4.69, 9.17) is 11.6 Å². The van der Waals surface area contributed by atoms with Gasteiger partial charge in [-0.3, -0.25) is 0 Å². The number of aromatic amines is 1. The van der Waals surface area contributed by atoms with Crippen molar-refractivity contribution in [3.8, 4) is 0 Å². The minimum atomic E-state index is 0.461. The van der Waals surface area contributed by atoms with Crippen LogP contribution in [0.5, 0.6) is 0 Å². The smallest absolute Gasteiger partial charge is 0.143 e. The molecule has 2 N–H and O–H groups in total. The lowest BCUT2D eigenvalue weighted by Gasteiger charge is -2.05. The summed E-state index contributed by atoms with van der Waals surface area (Å²) < 4.78 is 0.778. The molecule has 4 nitrogen and oxygen atoms in total. The number of hydrogen-bond donors (Lipinski definition) is 2. The van der Waals surface area contributed by atoms with Gasteiger partial charge in [0.15, 0.2) is 0 Å². The molecule has 0 fully saturated rings. The van der Waals surface area contributed by atoms with Gasteiger partial charge in [-0.15, -0.1) is 0 Å². The number of nitrogens with zero attached hydrogens (tertiary/aromatic N) is 2.